The molecule has 2 aliphatic heterocycles. The van der Waals surface area contributed by atoms with Crippen LogP contribution in [-0.2, 0) is 5.41 Å². The van der Waals surface area contributed by atoms with E-state index in [2.05, 4.69) is 309 Å². The van der Waals surface area contributed by atoms with Crippen molar-refractivity contribution in [2.45, 2.75) is 26.2 Å². The molecule has 0 saturated heterocycles. The Morgan fingerprint density at radius 3 is 1.36 bits per heavy atom. The highest BCUT2D eigenvalue weighted by Crippen LogP contribution is 2.52. The van der Waals surface area contributed by atoms with Crippen molar-refractivity contribution in [2.75, 3.05) is 4.90 Å². The Morgan fingerprint density at radius 2 is 0.812 bits per heavy atom. The zero-order valence-corrected chi connectivity index (χ0v) is 44.9. The molecular formula is C76H55BN2O. The van der Waals surface area contributed by atoms with Crippen molar-refractivity contribution in [3.05, 3.63) is 285 Å². The summed E-state index contributed by atoms with van der Waals surface area (Å²) in [5.41, 5.74) is 25.0. The Hall–Kier alpha value is -9.90. The van der Waals surface area contributed by atoms with E-state index in [0.29, 0.717) is 0 Å². The highest BCUT2D eigenvalue weighted by Gasteiger charge is 2.45. The van der Waals surface area contributed by atoms with Crippen LogP contribution in [0.2, 0.25) is 0 Å². The standard InChI is InChI=1S/C76H55BN2O/c1-76(2,3)59-40-37-52(38-41-59)58-46-71-73-72(47-58)80-75-65(55-31-17-8-18-32-55)48-60(78-68-35-21-19-33-61(68)62-34-20-22-36-69(62)78)49-67(75)77(73)66-45-56(50-23-9-4-10-24-50)39-42-70(66)79(71)74-63(53-27-13-6-14-28-53)43-57(51-25-11-5-12-26-51)44-64(74)54-29-15-7-16-30-54/h4-49H,1-3H3. The molecule has 0 atom stereocenters. The second-order valence-electron chi connectivity index (χ2n) is 22.4. The second-order valence-corrected chi connectivity index (χ2v) is 22.4. The number of aromatic nitrogens is 1. The molecular weight excluding hydrogens is 968 g/mol. The van der Waals surface area contributed by atoms with Crippen molar-refractivity contribution in [2.24, 2.45) is 0 Å². The molecule has 13 aromatic rings. The van der Waals surface area contributed by atoms with E-state index in [1.54, 1.807) is 0 Å². The lowest BCUT2D eigenvalue weighted by molar-refractivity contribution is 0.489. The molecule has 0 aliphatic carbocycles. The topological polar surface area (TPSA) is 17.4 Å². The van der Waals surface area contributed by atoms with Gasteiger partial charge in [-0.25, -0.2) is 0 Å². The lowest BCUT2D eigenvalue weighted by Crippen LogP contribution is -2.59. The first-order chi connectivity index (χ1) is 39.3. The average Bonchev–Trinajstić information content (AvgIpc) is 3.15. The highest BCUT2D eigenvalue weighted by atomic mass is 16.5. The minimum absolute atomic E-state index is 0.000950. The van der Waals surface area contributed by atoms with Crippen molar-refractivity contribution in [3.8, 4) is 83.9 Å². The van der Waals surface area contributed by atoms with E-state index in [1.807, 2.05) is 0 Å². The predicted octanol–water partition coefficient (Wildman–Crippen LogP) is 18.5. The van der Waals surface area contributed by atoms with Gasteiger partial charge in [-0.3, -0.25) is 0 Å². The van der Waals surface area contributed by atoms with Crippen LogP contribution in [0.3, 0.4) is 0 Å². The van der Waals surface area contributed by atoms with Crippen molar-refractivity contribution in [1.29, 1.82) is 0 Å². The maximum Gasteiger partial charge on any atom is 0.256 e. The van der Waals surface area contributed by atoms with Gasteiger partial charge in [-0.05, 0) is 132 Å². The normalized spacial score (nSPS) is 12.5. The Morgan fingerprint density at radius 1 is 0.350 bits per heavy atom. The number of hydrogen-bond acceptors (Lipinski definition) is 2. The molecule has 3 nitrogen and oxygen atoms in total. The van der Waals surface area contributed by atoms with Gasteiger partial charge in [0.2, 0.25) is 0 Å². The number of fused-ring (bicyclic) bond motifs is 7. The number of para-hydroxylation sites is 2. The van der Waals surface area contributed by atoms with Crippen LogP contribution < -0.4 is 26.0 Å². The average molecular weight is 1020 g/mol. The van der Waals surface area contributed by atoms with Gasteiger partial charge in [0.1, 0.15) is 11.5 Å². The fourth-order valence-corrected chi connectivity index (χ4v) is 12.7. The van der Waals surface area contributed by atoms with Crippen molar-refractivity contribution < 1.29 is 4.74 Å². The first kappa shape index (κ1) is 47.3. The van der Waals surface area contributed by atoms with Gasteiger partial charge in [0, 0.05) is 44.5 Å². The molecule has 4 heteroatoms. The summed E-state index contributed by atoms with van der Waals surface area (Å²) in [6.45, 7) is 6.60. The Balaban J connectivity index is 1.09. The van der Waals surface area contributed by atoms with Gasteiger partial charge in [-0.2, -0.15) is 0 Å². The Labute approximate surface area is 468 Å². The summed E-state index contributed by atoms with van der Waals surface area (Å²) in [5, 5.41) is 2.45. The van der Waals surface area contributed by atoms with Crippen LogP contribution in [0.5, 0.6) is 11.5 Å². The molecule has 0 fully saturated rings. The van der Waals surface area contributed by atoms with E-state index < -0.39 is 0 Å². The van der Waals surface area contributed by atoms with Crippen LogP contribution >= 0.6 is 0 Å². The fraction of sp³-hybridized carbons (Fsp3) is 0.0526. The summed E-state index contributed by atoms with van der Waals surface area (Å²) >= 11 is 0. The van der Waals surface area contributed by atoms with Crippen molar-refractivity contribution in [3.63, 3.8) is 0 Å². The first-order valence-corrected chi connectivity index (χ1v) is 27.8. The summed E-state index contributed by atoms with van der Waals surface area (Å²) in [6, 6.07) is 103. The van der Waals surface area contributed by atoms with Crippen molar-refractivity contribution in [1.82, 2.24) is 4.57 Å². The van der Waals surface area contributed by atoms with Gasteiger partial charge in [-0.1, -0.05) is 245 Å². The minimum atomic E-state index is -0.240. The van der Waals surface area contributed by atoms with Gasteiger partial charge >= 0.3 is 0 Å². The maximum atomic E-state index is 7.78. The van der Waals surface area contributed by atoms with E-state index in [1.165, 1.54) is 27.4 Å². The number of ether oxygens (including phenoxy) is 1. The third-order valence-electron chi connectivity index (χ3n) is 16.6. The molecule has 378 valence electrons. The highest BCUT2D eigenvalue weighted by molar-refractivity contribution is 6.99. The lowest BCUT2D eigenvalue weighted by Gasteiger charge is -2.42. The fourth-order valence-electron chi connectivity index (χ4n) is 12.7. The van der Waals surface area contributed by atoms with Gasteiger partial charge in [0.15, 0.2) is 0 Å². The van der Waals surface area contributed by atoms with E-state index in [4.69, 9.17) is 4.74 Å². The second kappa shape index (κ2) is 18.9. The molecule has 80 heavy (non-hydrogen) atoms. The molecule has 1 aromatic heterocycles. The molecule has 2 aliphatic rings. The summed E-state index contributed by atoms with van der Waals surface area (Å²) in [4.78, 5) is 2.59. The molecule has 0 N–H and O–H groups in total. The molecule has 3 heterocycles. The smallest absolute Gasteiger partial charge is 0.256 e. The van der Waals surface area contributed by atoms with Crippen LogP contribution in [0.1, 0.15) is 26.3 Å². The van der Waals surface area contributed by atoms with Crippen LogP contribution in [0.4, 0.5) is 17.1 Å². The third-order valence-corrected chi connectivity index (χ3v) is 16.6. The van der Waals surface area contributed by atoms with E-state index in [9.17, 15) is 0 Å². The van der Waals surface area contributed by atoms with Gasteiger partial charge in [0.05, 0.1) is 16.7 Å². The van der Waals surface area contributed by atoms with Crippen LogP contribution in [0.15, 0.2) is 279 Å². The van der Waals surface area contributed by atoms with Gasteiger partial charge < -0.3 is 14.2 Å². The molecule has 0 saturated carbocycles. The zero-order chi connectivity index (χ0) is 53.5. The largest absolute Gasteiger partial charge is 0.458 e. The van der Waals surface area contributed by atoms with Crippen LogP contribution in [0.25, 0.3) is 94.3 Å². The molecule has 0 unspecified atom stereocenters. The minimum Gasteiger partial charge on any atom is -0.458 e. The zero-order valence-electron chi connectivity index (χ0n) is 44.9. The number of hydrogen-bond donors (Lipinski definition) is 0. The van der Waals surface area contributed by atoms with Crippen LogP contribution in [0, 0.1) is 0 Å². The molecule has 12 aromatic carbocycles. The monoisotopic (exact) mass is 1020 g/mol. The van der Waals surface area contributed by atoms with E-state index >= 15 is 0 Å². The Bertz CT molecular complexity index is 4390. The van der Waals surface area contributed by atoms with Gasteiger partial charge in [-0.15, -0.1) is 0 Å². The summed E-state index contributed by atoms with van der Waals surface area (Å²) in [7, 11) is 0. The molecule has 15 rings (SSSR count). The molecule has 0 spiro atoms. The summed E-state index contributed by atoms with van der Waals surface area (Å²) in [6.07, 6.45) is 0. The molecule has 0 radical (unpaired) electrons. The predicted molar refractivity (Wildman–Crippen MR) is 338 cm³/mol. The number of nitrogens with zero attached hydrogens (tertiary/aromatic N) is 2. The van der Waals surface area contributed by atoms with Crippen LogP contribution in [-0.4, -0.2) is 11.3 Å². The third kappa shape index (κ3) is 7.89. The lowest BCUT2D eigenvalue weighted by atomic mass is 9.33. The summed E-state index contributed by atoms with van der Waals surface area (Å²) < 4.78 is 10.2. The molecule has 0 bridgehead atoms. The van der Waals surface area contributed by atoms with E-state index in [-0.39, 0.29) is 12.1 Å². The maximum absolute atomic E-state index is 7.78. The molecule has 0 amide bonds. The first-order valence-electron chi connectivity index (χ1n) is 27.8. The Kier molecular flexibility index (Phi) is 11.2. The quantitative estimate of drug-likeness (QED) is 0.141. The SMILES string of the molecule is CC(C)(C)c1ccc(-c2cc3c4c(c2)N(c2c(-c5ccccc5)cc(-c5ccccc5)cc2-c2ccccc2)c2ccc(-c5ccccc5)cc2B4c2cc(-n4c5ccccc5c5ccccc54)cc(-c4ccccc4)c2O3)cc1. The van der Waals surface area contributed by atoms with Gasteiger partial charge in [0.25, 0.3) is 6.71 Å². The number of benzene rings is 12. The number of anilines is 3. The van der Waals surface area contributed by atoms with Crippen molar-refractivity contribution >= 4 is 62.0 Å². The summed E-state index contributed by atoms with van der Waals surface area (Å²) in [5.74, 6) is 1.72. The van der Waals surface area contributed by atoms with E-state index in [0.717, 1.165) is 117 Å². The number of rotatable bonds is 8.